The summed E-state index contributed by atoms with van der Waals surface area (Å²) in [6, 6.07) is 0. The van der Waals surface area contributed by atoms with E-state index in [1.54, 1.807) is 0 Å². The molecule has 2 aliphatic rings. The van der Waals surface area contributed by atoms with E-state index in [-0.39, 0.29) is 0 Å². The minimum atomic E-state index is 0.307. The van der Waals surface area contributed by atoms with Crippen molar-refractivity contribution in [2.24, 2.45) is 0 Å². The van der Waals surface area contributed by atoms with Gasteiger partial charge in [0.2, 0.25) is 0 Å². The summed E-state index contributed by atoms with van der Waals surface area (Å²) in [4.78, 5) is 0. The third-order valence-electron chi connectivity index (χ3n) is 2.42. The van der Waals surface area contributed by atoms with E-state index in [1.165, 1.54) is 19.3 Å². The Morgan fingerprint density at radius 2 is 1.78 bits per heavy atom. The summed E-state index contributed by atoms with van der Waals surface area (Å²) >= 11 is 0. The van der Waals surface area contributed by atoms with Gasteiger partial charge >= 0.3 is 0 Å². The first-order valence-electron chi connectivity index (χ1n) is 3.69. The van der Waals surface area contributed by atoms with Gasteiger partial charge in [0.05, 0.1) is 12.2 Å². The molecule has 9 heavy (non-hydrogen) atoms. The zero-order valence-corrected chi connectivity index (χ0v) is 5.60. The maximum atomic E-state index is 5.50. The van der Waals surface area contributed by atoms with Crippen molar-refractivity contribution in [2.45, 2.75) is 24.9 Å². The van der Waals surface area contributed by atoms with Crippen molar-refractivity contribution in [1.29, 1.82) is 0 Å². The van der Waals surface area contributed by atoms with Crippen LogP contribution in [0.15, 0.2) is 0 Å². The molecule has 0 saturated carbocycles. The van der Waals surface area contributed by atoms with Gasteiger partial charge in [-0.1, -0.05) is 0 Å². The molecule has 2 aliphatic heterocycles. The fourth-order valence-electron chi connectivity index (χ4n) is 1.59. The van der Waals surface area contributed by atoms with Gasteiger partial charge in [-0.3, -0.25) is 0 Å². The summed E-state index contributed by atoms with van der Waals surface area (Å²) in [6.07, 6.45) is 3.63. The lowest BCUT2D eigenvalue weighted by Gasteiger charge is -2.44. The van der Waals surface area contributed by atoms with Crippen molar-refractivity contribution < 1.29 is 4.74 Å². The first-order chi connectivity index (χ1) is 4.41. The molecular weight excluding hydrogens is 114 g/mol. The van der Waals surface area contributed by atoms with E-state index in [9.17, 15) is 0 Å². The zero-order chi connectivity index (χ0) is 6.16. The molecule has 0 aromatic rings. The van der Waals surface area contributed by atoms with Gasteiger partial charge in [-0.2, -0.15) is 0 Å². The maximum Gasteiger partial charge on any atom is 0.0729 e. The highest BCUT2D eigenvalue weighted by Crippen LogP contribution is 2.34. The van der Waals surface area contributed by atoms with Crippen LogP contribution in [0, 0.1) is 0 Å². The maximum absolute atomic E-state index is 5.50. The highest BCUT2D eigenvalue weighted by atomic mass is 16.5. The van der Waals surface area contributed by atoms with E-state index in [4.69, 9.17) is 4.74 Å². The molecule has 2 heteroatoms. The van der Waals surface area contributed by atoms with Crippen molar-refractivity contribution in [3.8, 4) is 0 Å². The van der Waals surface area contributed by atoms with E-state index in [0.29, 0.717) is 5.60 Å². The molecule has 2 nitrogen and oxygen atoms in total. The minimum Gasteiger partial charge on any atom is -0.375 e. The zero-order valence-electron chi connectivity index (χ0n) is 5.60. The molecule has 1 spiro atoms. The third kappa shape index (κ3) is 0.864. The summed E-state index contributed by atoms with van der Waals surface area (Å²) < 4.78 is 5.50. The Kier molecular flexibility index (Phi) is 1.24. The molecule has 0 unspecified atom stereocenters. The number of nitrogens with zero attached hydrogens (tertiary/aromatic N) is 1. The monoisotopic (exact) mass is 126 g/mol. The summed E-state index contributed by atoms with van der Waals surface area (Å²) in [5, 5.41) is 4.27. The fraction of sp³-hybridized carbons (Fsp3) is 1.00. The molecule has 2 fully saturated rings. The van der Waals surface area contributed by atoms with Gasteiger partial charge in [0, 0.05) is 13.1 Å². The molecule has 0 N–H and O–H groups in total. The average molecular weight is 126 g/mol. The van der Waals surface area contributed by atoms with Crippen LogP contribution in [0.25, 0.3) is 0 Å². The van der Waals surface area contributed by atoms with Crippen LogP contribution in [0.2, 0.25) is 0 Å². The van der Waals surface area contributed by atoms with Gasteiger partial charge in [-0.05, 0) is 19.3 Å². The number of hydrogen-bond acceptors (Lipinski definition) is 1. The molecule has 51 valence electrons. The second-order valence-corrected chi connectivity index (χ2v) is 2.95. The minimum absolute atomic E-state index is 0.307. The lowest BCUT2D eigenvalue weighted by atomic mass is 9.85. The van der Waals surface area contributed by atoms with Gasteiger partial charge in [0.1, 0.15) is 0 Å². The summed E-state index contributed by atoms with van der Waals surface area (Å²) in [5.74, 6) is 0. The van der Waals surface area contributed by atoms with Crippen LogP contribution in [-0.4, -0.2) is 25.3 Å². The third-order valence-corrected chi connectivity index (χ3v) is 2.42. The highest BCUT2D eigenvalue weighted by molar-refractivity contribution is 4.91. The van der Waals surface area contributed by atoms with Gasteiger partial charge in [-0.25, -0.2) is 5.32 Å². The largest absolute Gasteiger partial charge is 0.375 e. The van der Waals surface area contributed by atoms with Crippen LogP contribution in [0.1, 0.15) is 19.3 Å². The van der Waals surface area contributed by atoms with Gasteiger partial charge in [0.25, 0.3) is 0 Å². The quantitative estimate of drug-likeness (QED) is 0.464. The molecule has 0 aromatic carbocycles. The van der Waals surface area contributed by atoms with Crippen molar-refractivity contribution >= 4 is 0 Å². The summed E-state index contributed by atoms with van der Waals surface area (Å²) in [6.45, 7) is 3.04. The van der Waals surface area contributed by atoms with Gasteiger partial charge < -0.3 is 4.74 Å². The van der Waals surface area contributed by atoms with E-state index in [2.05, 4.69) is 5.32 Å². The number of hydrogen-bond donors (Lipinski definition) is 0. The summed E-state index contributed by atoms with van der Waals surface area (Å²) in [7, 11) is 0. The number of ether oxygens (including phenoxy) is 1. The Bertz CT molecular complexity index is 101. The molecule has 0 bridgehead atoms. The molecule has 0 amide bonds. The molecule has 2 rings (SSSR count). The first kappa shape index (κ1) is 5.69. The molecular formula is C7H12NO. The predicted octanol–water partition coefficient (Wildman–Crippen LogP) is 0.544. The average Bonchev–Trinajstić information content (AvgIpc) is 1.87. The van der Waals surface area contributed by atoms with Gasteiger partial charge in [0.15, 0.2) is 0 Å². The van der Waals surface area contributed by atoms with Crippen LogP contribution < -0.4 is 5.32 Å². The molecule has 2 heterocycles. The first-order valence-corrected chi connectivity index (χ1v) is 3.69. The van der Waals surface area contributed by atoms with Crippen LogP contribution in [0.4, 0.5) is 0 Å². The van der Waals surface area contributed by atoms with Crippen LogP contribution in [-0.2, 0) is 4.74 Å². The van der Waals surface area contributed by atoms with Gasteiger partial charge in [-0.15, -0.1) is 0 Å². The van der Waals surface area contributed by atoms with Crippen LogP contribution in [0.3, 0.4) is 0 Å². The Hall–Kier alpha value is -0.0800. The van der Waals surface area contributed by atoms with Crippen molar-refractivity contribution in [3.63, 3.8) is 0 Å². The molecule has 0 atom stereocenters. The molecule has 2 saturated heterocycles. The van der Waals surface area contributed by atoms with Crippen LogP contribution in [0.5, 0.6) is 0 Å². The lowest BCUT2D eigenvalue weighted by molar-refractivity contribution is -0.161. The SMILES string of the molecule is C1CC2(CC[N]1)CCO2. The second-order valence-electron chi connectivity index (χ2n) is 2.95. The fourth-order valence-corrected chi connectivity index (χ4v) is 1.59. The second kappa shape index (κ2) is 1.96. The van der Waals surface area contributed by atoms with Crippen molar-refractivity contribution in [3.05, 3.63) is 0 Å². The van der Waals surface area contributed by atoms with Crippen LogP contribution >= 0.6 is 0 Å². The van der Waals surface area contributed by atoms with E-state index < -0.39 is 0 Å². The Morgan fingerprint density at radius 1 is 1.11 bits per heavy atom. The van der Waals surface area contributed by atoms with E-state index in [0.717, 1.165) is 19.7 Å². The standard InChI is InChI=1S/C7H12NO/c1-4-8-5-2-7(1)3-6-9-7/h1-6H2. The molecule has 0 aliphatic carbocycles. The van der Waals surface area contributed by atoms with E-state index in [1.807, 2.05) is 0 Å². The normalized spacial score (nSPS) is 32.0. The molecule has 0 aromatic heterocycles. The number of piperidine rings is 1. The number of rotatable bonds is 0. The van der Waals surface area contributed by atoms with Crippen molar-refractivity contribution in [2.75, 3.05) is 19.7 Å². The topological polar surface area (TPSA) is 23.3 Å². The predicted molar refractivity (Wildman–Crippen MR) is 34.4 cm³/mol. The lowest BCUT2D eigenvalue weighted by Crippen LogP contribution is -2.49. The Balaban J connectivity index is 1.93. The highest BCUT2D eigenvalue weighted by Gasteiger charge is 2.39. The smallest absolute Gasteiger partial charge is 0.0729 e. The Morgan fingerprint density at radius 3 is 2.11 bits per heavy atom. The van der Waals surface area contributed by atoms with E-state index >= 15 is 0 Å². The Labute approximate surface area is 55.6 Å². The van der Waals surface area contributed by atoms with Crippen molar-refractivity contribution in [1.82, 2.24) is 5.32 Å². The molecule has 1 radical (unpaired) electrons. The summed E-state index contributed by atoms with van der Waals surface area (Å²) in [5.41, 5.74) is 0.307.